The molecular weight excluding hydrogens is 279 g/mol. The van der Waals surface area contributed by atoms with E-state index in [1.165, 1.54) is 6.20 Å². The van der Waals surface area contributed by atoms with Crippen LogP contribution in [-0.4, -0.2) is 16.8 Å². The smallest absolute Gasteiger partial charge is 0.126 e. The largest absolute Gasteiger partial charge is 0.404 e. The van der Waals surface area contributed by atoms with Gasteiger partial charge in [0.15, 0.2) is 0 Å². The lowest BCUT2D eigenvalue weighted by Gasteiger charge is -2.10. The maximum absolute atomic E-state index is 13.9. The summed E-state index contributed by atoms with van der Waals surface area (Å²) >= 11 is 0. The van der Waals surface area contributed by atoms with Crippen molar-refractivity contribution in [3.63, 3.8) is 0 Å². The molecule has 5 heteroatoms. The van der Waals surface area contributed by atoms with Crippen LogP contribution in [0.5, 0.6) is 0 Å². The topological polar surface area (TPSA) is 56.2 Å². The van der Waals surface area contributed by atoms with Crippen LogP contribution in [0.15, 0.2) is 23.2 Å². The molecule has 116 valence electrons. The maximum atomic E-state index is 13.9. The zero-order valence-corrected chi connectivity index (χ0v) is 13.2. The van der Waals surface area contributed by atoms with Crippen LogP contribution in [0.1, 0.15) is 16.8 Å². The predicted octanol–water partition coefficient (Wildman–Crippen LogP) is 0.519. The Morgan fingerprint density at radius 1 is 1.41 bits per heavy atom. The second kappa shape index (κ2) is 6.56. The van der Waals surface area contributed by atoms with Crippen LogP contribution < -0.4 is 21.7 Å². The Labute approximate surface area is 129 Å². The van der Waals surface area contributed by atoms with E-state index in [0.717, 1.165) is 21.8 Å². The first kappa shape index (κ1) is 15.9. The van der Waals surface area contributed by atoms with Gasteiger partial charge in [0, 0.05) is 25.0 Å². The number of nitrogens with zero attached hydrogens (tertiary/aromatic N) is 3. The molecule has 0 bridgehead atoms. The summed E-state index contributed by atoms with van der Waals surface area (Å²) in [6, 6.07) is 5.26. The molecule has 0 fully saturated rings. The second-order valence-electron chi connectivity index (χ2n) is 5.25. The molecule has 0 aliphatic heterocycles. The van der Waals surface area contributed by atoms with E-state index in [-0.39, 0.29) is 5.82 Å². The van der Waals surface area contributed by atoms with E-state index in [1.54, 1.807) is 17.8 Å². The van der Waals surface area contributed by atoms with Gasteiger partial charge in [0.05, 0.1) is 16.4 Å². The molecule has 4 nitrogen and oxygen atoms in total. The maximum Gasteiger partial charge on any atom is 0.126 e. The van der Waals surface area contributed by atoms with Crippen LogP contribution >= 0.6 is 0 Å². The van der Waals surface area contributed by atoms with Crippen molar-refractivity contribution < 1.29 is 4.39 Å². The quantitative estimate of drug-likeness (QED) is 0.898. The molecule has 0 amide bonds. The van der Waals surface area contributed by atoms with Crippen molar-refractivity contribution in [3.8, 4) is 0 Å². The summed E-state index contributed by atoms with van der Waals surface area (Å²) in [5.74, 6) is -0.186. The van der Waals surface area contributed by atoms with E-state index >= 15 is 0 Å². The summed E-state index contributed by atoms with van der Waals surface area (Å²) in [5, 5.41) is 6.66. The third-order valence-corrected chi connectivity index (χ3v) is 3.68. The van der Waals surface area contributed by atoms with Crippen LogP contribution in [0.2, 0.25) is 0 Å². The number of benzene rings is 1. The first-order chi connectivity index (χ1) is 10.5. The van der Waals surface area contributed by atoms with Crippen molar-refractivity contribution in [2.45, 2.75) is 26.8 Å². The second-order valence-corrected chi connectivity index (χ2v) is 5.25. The van der Waals surface area contributed by atoms with Gasteiger partial charge < -0.3 is 5.73 Å². The van der Waals surface area contributed by atoms with Gasteiger partial charge >= 0.3 is 0 Å². The highest BCUT2D eigenvalue weighted by Gasteiger charge is 2.05. The lowest BCUT2D eigenvalue weighted by molar-refractivity contribution is 0.545. The number of aryl methyl sites for hydroxylation is 4. The van der Waals surface area contributed by atoms with Gasteiger partial charge in [-0.1, -0.05) is 18.7 Å². The number of aromatic nitrogens is 2. The van der Waals surface area contributed by atoms with E-state index in [9.17, 15) is 4.39 Å². The molecule has 0 saturated heterocycles. The van der Waals surface area contributed by atoms with E-state index in [1.807, 2.05) is 26.0 Å². The number of hydrogen-bond donors (Lipinski definition) is 1. The Morgan fingerprint density at radius 3 is 2.73 bits per heavy atom. The number of nitrogens with two attached hydrogens (primary N) is 1. The standard InChI is InChI=1S/C17H21FN4/c1-11-5-6-14(16(18)9-11)7-8-22-13(3)15(10-19)17(20-4)12(2)21-22/h5-6,9-10H,3,7-8,19H2,1-2,4H3. The summed E-state index contributed by atoms with van der Waals surface area (Å²) in [6.45, 7) is 8.30. The van der Waals surface area contributed by atoms with Crippen LogP contribution in [0, 0.1) is 19.7 Å². The lowest BCUT2D eigenvalue weighted by atomic mass is 10.1. The molecule has 0 spiro atoms. The molecule has 0 aliphatic carbocycles. The van der Waals surface area contributed by atoms with Crippen LogP contribution in [-0.2, 0) is 13.0 Å². The minimum absolute atomic E-state index is 0.186. The molecular formula is C17H21FN4. The van der Waals surface area contributed by atoms with Crippen molar-refractivity contribution in [1.82, 2.24) is 9.78 Å². The van der Waals surface area contributed by atoms with Crippen LogP contribution in [0.4, 0.5) is 4.39 Å². The summed E-state index contributed by atoms with van der Waals surface area (Å²) in [4.78, 5) is 4.20. The molecule has 2 rings (SSSR count). The molecule has 2 N–H and O–H groups in total. The fraction of sp³-hybridized carbons (Fsp3) is 0.294. The third-order valence-electron chi connectivity index (χ3n) is 3.68. The highest BCUT2D eigenvalue weighted by atomic mass is 19.1. The van der Waals surface area contributed by atoms with Gasteiger partial charge in [0.2, 0.25) is 0 Å². The average molecular weight is 300 g/mol. The van der Waals surface area contributed by atoms with Gasteiger partial charge in [-0.05, 0) is 37.5 Å². The zero-order valence-electron chi connectivity index (χ0n) is 13.2. The van der Waals surface area contributed by atoms with Gasteiger partial charge in [-0.2, -0.15) is 5.10 Å². The molecule has 0 unspecified atom stereocenters. The van der Waals surface area contributed by atoms with Crippen LogP contribution in [0.3, 0.4) is 0 Å². The Balaban J connectivity index is 2.39. The number of halogens is 1. The van der Waals surface area contributed by atoms with E-state index in [2.05, 4.69) is 16.7 Å². The van der Waals surface area contributed by atoms with Crippen molar-refractivity contribution in [3.05, 3.63) is 56.8 Å². The van der Waals surface area contributed by atoms with Crippen LogP contribution in [0.25, 0.3) is 12.8 Å². The first-order valence-electron chi connectivity index (χ1n) is 7.14. The Bertz CT molecular complexity index is 865. The average Bonchev–Trinajstić information content (AvgIpc) is 2.48. The van der Waals surface area contributed by atoms with Gasteiger partial charge in [-0.3, -0.25) is 9.67 Å². The highest BCUT2D eigenvalue weighted by molar-refractivity contribution is 5.24. The fourth-order valence-electron chi connectivity index (χ4n) is 2.48. The Morgan fingerprint density at radius 2 is 2.14 bits per heavy atom. The number of hydrogen-bond acceptors (Lipinski definition) is 3. The summed E-state index contributed by atoms with van der Waals surface area (Å²) in [6.07, 6.45) is 2.03. The van der Waals surface area contributed by atoms with Crippen molar-refractivity contribution >= 4 is 12.8 Å². The molecule has 2 aromatic rings. The monoisotopic (exact) mass is 300 g/mol. The fourth-order valence-corrected chi connectivity index (χ4v) is 2.48. The van der Waals surface area contributed by atoms with E-state index in [4.69, 9.17) is 5.73 Å². The first-order valence-corrected chi connectivity index (χ1v) is 7.14. The molecule has 0 radical (unpaired) electrons. The predicted molar refractivity (Wildman–Crippen MR) is 86.7 cm³/mol. The molecule has 1 aromatic carbocycles. The van der Waals surface area contributed by atoms with Crippen molar-refractivity contribution in [2.24, 2.45) is 10.7 Å². The normalized spacial score (nSPS) is 12.9. The zero-order chi connectivity index (χ0) is 16.3. The lowest BCUT2D eigenvalue weighted by Crippen LogP contribution is -2.48. The molecule has 0 aliphatic rings. The molecule has 0 atom stereocenters. The Hall–Kier alpha value is -2.43. The molecule has 1 heterocycles. The Kier molecular flexibility index (Phi) is 4.75. The molecule has 0 saturated carbocycles. The van der Waals surface area contributed by atoms with Gasteiger partial charge in [-0.25, -0.2) is 4.39 Å². The van der Waals surface area contributed by atoms with Crippen molar-refractivity contribution in [1.29, 1.82) is 0 Å². The SMILES string of the molecule is C=c1c(=CN)c(=NC)c(C)nn1CCc1ccc(C)cc1F. The minimum Gasteiger partial charge on any atom is -0.404 e. The van der Waals surface area contributed by atoms with Gasteiger partial charge in [-0.15, -0.1) is 0 Å². The number of rotatable bonds is 3. The summed E-state index contributed by atoms with van der Waals surface area (Å²) in [7, 11) is 1.70. The minimum atomic E-state index is -0.186. The van der Waals surface area contributed by atoms with E-state index < -0.39 is 0 Å². The van der Waals surface area contributed by atoms with Crippen molar-refractivity contribution in [2.75, 3.05) is 7.05 Å². The molecule has 1 aromatic heterocycles. The summed E-state index contributed by atoms with van der Waals surface area (Å²) < 4.78 is 15.7. The van der Waals surface area contributed by atoms with Gasteiger partial charge in [0.25, 0.3) is 0 Å². The van der Waals surface area contributed by atoms with E-state index in [0.29, 0.717) is 23.9 Å². The molecule has 22 heavy (non-hydrogen) atoms. The summed E-state index contributed by atoms with van der Waals surface area (Å²) in [5.41, 5.74) is 8.04. The third kappa shape index (κ3) is 3.08. The van der Waals surface area contributed by atoms with Gasteiger partial charge in [0.1, 0.15) is 5.82 Å². The highest BCUT2D eigenvalue weighted by Crippen LogP contribution is 2.10.